The Hall–Kier alpha value is -2.65. The molecule has 1 N–H and O–H groups in total. The highest BCUT2D eigenvalue weighted by atomic mass is 79.9. The van der Waals surface area contributed by atoms with Crippen molar-refractivity contribution in [3.05, 3.63) is 46.9 Å². The Kier molecular flexibility index (Phi) is 6.25. The van der Waals surface area contributed by atoms with Gasteiger partial charge >= 0.3 is 5.97 Å². The Morgan fingerprint density at radius 2 is 2.00 bits per heavy atom. The first-order chi connectivity index (χ1) is 13.0. The van der Waals surface area contributed by atoms with E-state index in [9.17, 15) is 9.59 Å². The van der Waals surface area contributed by atoms with Crippen molar-refractivity contribution in [2.45, 2.75) is 0 Å². The van der Waals surface area contributed by atoms with Gasteiger partial charge in [-0.05, 0) is 36.4 Å². The van der Waals surface area contributed by atoms with E-state index in [2.05, 4.69) is 26.2 Å². The molecule has 140 valence electrons. The van der Waals surface area contributed by atoms with Crippen LogP contribution >= 0.6 is 27.3 Å². The first-order valence-electron chi connectivity index (χ1n) is 7.82. The standard InChI is InChI=1S/C18H15BrN2O5S/c1-24-12-5-6-14-15(8-12)27-18(20-14)21-16(22)9-26-17(23)10-25-13-4-2-3-11(19)7-13/h2-8H,9-10H2,1H3,(H,20,21,22). The number of amides is 1. The lowest BCUT2D eigenvalue weighted by atomic mass is 10.3. The largest absolute Gasteiger partial charge is 0.497 e. The molecule has 1 amide bonds. The van der Waals surface area contributed by atoms with Gasteiger partial charge in [0.25, 0.3) is 5.91 Å². The van der Waals surface area contributed by atoms with Gasteiger partial charge in [-0.15, -0.1) is 0 Å². The van der Waals surface area contributed by atoms with E-state index in [1.807, 2.05) is 12.1 Å². The summed E-state index contributed by atoms with van der Waals surface area (Å²) in [6.45, 7) is -0.704. The molecular formula is C18H15BrN2O5S. The van der Waals surface area contributed by atoms with Gasteiger partial charge in [0.15, 0.2) is 18.3 Å². The maximum absolute atomic E-state index is 11.9. The highest BCUT2D eigenvalue weighted by Crippen LogP contribution is 2.29. The maximum Gasteiger partial charge on any atom is 0.344 e. The number of aromatic nitrogens is 1. The van der Waals surface area contributed by atoms with Crippen LogP contribution in [0.4, 0.5) is 5.13 Å². The van der Waals surface area contributed by atoms with Crippen LogP contribution in [0, 0.1) is 0 Å². The monoisotopic (exact) mass is 450 g/mol. The number of rotatable bonds is 7. The molecule has 0 unspecified atom stereocenters. The Morgan fingerprint density at radius 3 is 2.78 bits per heavy atom. The lowest BCUT2D eigenvalue weighted by Crippen LogP contribution is -2.23. The zero-order valence-electron chi connectivity index (χ0n) is 14.2. The molecule has 7 nitrogen and oxygen atoms in total. The van der Waals surface area contributed by atoms with Crippen LogP contribution in [0.1, 0.15) is 0 Å². The maximum atomic E-state index is 11.9. The van der Waals surface area contributed by atoms with Crippen LogP contribution in [0.5, 0.6) is 11.5 Å². The number of carbonyl (C=O) groups excluding carboxylic acids is 2. The molecule has 0 aliphatic rings. The van der Waals surface area contributed by atoms with Crippen LogP contribution in [-0.2, 0) is 14.3 Å². The smallest absolute Gasteiger partial charge is 0.344 e. The third-order valence-electron chi connectivity index (χ3n) is 3.36. The van der Waals surface area contributed by atoms with Crippen LogP contribution in [0.2, 0.25) is 0 Å². The molecule has 1 heterocycles. The van der Waals surface area contributed by atoms with E-state index in [-0.39, 0.29) is 6.61 Å². The van der Waals surface area contributed by atoms with Gasteiger partial charge in [-0.3, -0.25) is 10.1 Å². The number of esters is 1. The average molecular weight is 451 g/mol. The molecule has 0 aliphatic carbocycles. The van der Waals surface area contributed by atoms with Crippen LogP contribution in [-0.4, -0.2) is 37.2 Å². The van der Waals surface area contributed by atoms with Gasteiger partial charge < -0.3 is 14.2 Å². The van der Waals surface area contributed by atoms with Gasteiger partial charge in [-0.1, -0.05) is 33.3 Å². The Bertz CT molecular complexity index is 975. The zero-order chi connectivity index (χ0) is 19.2. The van der Waals surface area contributed by atoms with Gasteiger partial charge in [-0.2, -0.15) is 0 Å². The number of ether oxygens (including phenoxy) is 3. The van der Waals surface area contributed by atoms with Crippen LogP contribution in [0.15, 0.2) is 46.9 Å². The van der Waals surface area contributed by atoms with E-state index in [1.165, 1.54) is 11.3 Å². The number of carbonyl (C=O) groups is 2. The predicted molar refractivity (Wildman–Crippen MR) is 105 cm³/mol. The molecule has 0 radical (unpaired) electrons. The second kappa shape index (κ2) is 8.83. The minimum absolute atomic E-state index is 0.287. The molecule has 2 aromatic carbocycles. The zero-order valence-corrected chi connectivity index (χ0v) is 16.6. The van der Waals surface area contributed by atoms with E-state index < -0.39 is 18.5 Å². The average Bonchev–Trinajstić information content (AvgIpc) is 3.05. The molecule has 27 heavy (non-hydrogen) atoms. The van der Waals surface area contributed by atoms with Gasteiger partial charge in [0.1, 0.15) is 11.5 Å². The first-order valence-corrected chi connectivity index (χ1v) is 9.43. The number of fused-ring (bicyclic) bond motifs is 1. The lowest BCUT2D eigenvalue weighted by Gasteiger charge is -2.07. The Morgan fingerprint density at radius 1 is 1.15 bits per heavy atom. The van der Waals surface area contributed by atoms with Crippen molar-refractivity contribution in [1.82, 2.24) is 4.98 Å². The number of anilines is 1. The molecule has 3 aromatic rings. The minimum Gasteiger partial charge on any atom is -0.497 e. The molecule has 0 spiro atoms. The number of halogens is 1. The Balaban J connectivity index is 1.47. The van der Waals surface area contributed by atoms with Crippen LogP contribution in [0.3, 0.4) is 0 Å². The van der Waals surface area contributed by atoms with E-state index in [0.717, 1.165) is 14.7 Å². The molecule has 0 atom stereocenters. The number of methoxy groups -OCH3 is 1. The van der Waals surface area contributed by atoms with Crippen molar-refractivity contribution in [3.8, 4) is 11.5 Å². The van der Waals surface area contributed by atoms with Crippen molar-refractivity contribution in [2.75, 3.05) is 25.6 Å². The minimum atomic E-state index is -0.640. The van der Waals surface area contributed by atoms with Crippen molar-refractivity contribution >= 4 is 54.5 Å². The highest BCUT2D eigenvalue weighted by molar-refractivity contribution is 9.10. The second-order valence-electron chi connectivity index (χ2n) is 5.31. The molecule has 0 saturated heterocycles. The van der Waals surface area contributed by atoms with Crippen molar-refractivity contribution < 1.29 is 23.8 Å². The van der Waals surface area contributed by atoms with Gasteiger partial charge in [0.2, 0.25) is 0 Å². The number of hydrogen-bond acceptors (Lipinski definition) is 7. The first kappa shape index (κ1) is 19.1. The number of nitrogens with zero attached hydrogens (tertiary/aromatic N) is 1. The van der Waals surface area contributed by atoms with Gasteiger partial charge in [0.05, 0.1) is 17.3 Å². The summed E-state index contributed by atoms with van der Waals surface area (Å²) in [7, 11) is 1.58. The Labute approximate surface area is 167 Å². The van der Waals surface area contributed by atoms with Crippen molar-refractivity contribution in [2.24, 2.45) is 0 Å². The number of thiazole rings is 1. The molecule has 9 heteroatoms. The van der Waals surface area contributed by atoms with Crippen molar-refractivity contribution in [1.29, 1.82) is 0 Å². The molecule has 0 bridgehead atoms. The summed E-state index contributed by atoms with van der Waals surface area (Å²) in [5, 5.41) is 3.03. The van der Waals surface area contributed by atoms with E-state index >= 15 is 0 Å². The molecule has 0 aliphatic heterocycles. The normalized spacial score (nSPS) is 10.4. The van der Waals surface area contributed by atoms with Crippen LogP contribution in [0.25, 0.3) is 10.2 Å². The number of nitrogens with one attached hydrogen (secondary N) is 1. The van der Waals surface area contributed by atoms with Crippen molar-refractivity contribution in [3.63, 3.8) is 0 Å². The second-order valence-corrected chi connectivity index (χ2v) is 7.25. The molecular weight excluding hydrogens is 436 g/mol. The topological polar surface area (TPSA) is 86.8 Å². The summed E-state index contributed by atoms with van der Waals surface area (Å²) in [6, 6.07) is 12.5. The fourth-order valence-corrected chi connectivity index (χ4v) is 3.42. The summed E-state index contributed by atoms with van der Waals surface area (Å²) >= 11 is 4.62. The number of benzene rings is 2. The van der Waals surface area contributed by atoms with Gasteiger partial charge in [-0.25, -0.2) is 9.78 Å². The molecule has 3 rings (SSSR count). The van der Waals surface area contributed by atoms with Crippen LogP contribution < -0.4 is 14.8 Å². The quantitative estimate of drug-likeness (QED) is 0.553. The summed E-state index contributed by atoms with van der Waals surface area (Å²) in [4.78, 5) is 27.9. The van der Waals surface area contributed by atoms with E-state index in [4.69, 9.17) is 14.2 Å². The third kappa shape index (κ3) is 5.41. The lowest BCUT2D eigenvalue weighted by molar-refractivity contribution is -0.149. The fraction of sp³-hybridized carbons (Fsp3) is 0.167. The van der Waals surface area contributed by atoms with E-state index in [0.29, 0.717) is 16.6 Å². The molecule has 1 aromatic heterocycles. The third-order valence-corrected chi connectivity index (χ3v) is 4.79. The summed E-state index contributed by atoms with van der Waals surface area (Å²) in [5.74, 6) is 0.120. The molecule has 0 saturated carbocycles. The fourth-order valence-electron chi connectivity index (χ4n) is 2.13. The van der Waals surface area contributed by atoms with E-state index in [1.54, 1.807) is 37.4 Å². The SMILES string of the molecule is COc1ccc2nc(NC(=O)COC(=O)COc3cccc(Br)c3)sc2c1. The highest BCUT2D eigenvalue weighted by Gasteiger charge is 2.12. The summed E-state index contributed by atoms with van der Waals surface area (Å²) in [6.07, 6.45) is 0. The number of hydrogen-bond donors (Lipinski definition) is 1. The van der Waals surface area contributed by atoms with Gasteiger partial charge in [0, 0.05) is 4.47 Å². The molecule has 0 fully saturated rings. The summed E-state index contributed by atoms with van der Waals surface area (Å²) in [5.41, 5.74) is 0.746. The predicted octanol–water partition coefficient (Wildman–Crippen LogP) is 3.63. The summed E-state index contributed by atoms with van der Waals surface area (Å²) < 4.78 is 17.1.